The SMILES string of the molecule is Cc1cnc([C@@](C)(O)C#Cc2cccc(-c3nc(C(N)=O)c4ccn(C)c4n3)c2)o1. The second kappa shape index (κ2) is 7.13. The first-order chi connectivity index (χ1) is 14.2. The lowest BCUT2D eigenvalue weighted by Gasteiger charge is -2.10. The van der Waals surface area contributed by atoms with Crippen molar-refractivity contribution in [1.29, 1.82) is 0 Å². The van der Waals surface area contributed by atoms with Crippen molar-refractivity contribution in [2.24, 2.45) is 12.8 Å². The molecule has 1 atom stereocenters. The van der Waals surface area contributed by atoms with Crippen LogP contribution in [0.1, 0.15) is 34.6 Å². The molecule has 0 saturated carbocycles. The van der Waals surface area contributed by atoms with Gasteiger partial charge in [-0.15, -0.1) is 0 Å². The topological polar surface area (TPSA) is 120 Å². The number of nitrogens with two attached hydrogens (primary N) is 1. The number of hydrogen-bond acceptors (Lipinski definition) is 6. The van der Waals surface area contributed by atoms with Gasteiger partial charge in [0.1, 0.15) is 17.1 Å². The first kappa shape index (κ1) is 19.4. The number of oxazole rings is 1. The van der Waals surface area contributed by atoms with Gasteiger partial charge in [0.2, 0.25) is 5.89 Å². The Kier molecular flexibility index (Phi) is 4.60. The molecular weight excluding hydrogens is 382 g/mol. The second-order valence-electron chi connectivity index (χ2n) is 7.10. The standard InChI is InChI=1S/C22H19N5O3/c1-13-12-24-21(30-13)22(2,29)9-7-14-5-4-6-15(11-14)19-25-17(18(23)28)16-8-10-27(3)20(16)26-19/h4-6,8,10-12,29H,1-3H3,(H2,23,28)/t22-/m0/s1. The van der Waals surface area contributed by atoms with Crippen molar-refractivity contribution in [2.45, 2.75) is 19.4 Å². The molecule has 3 aromatic heterocycles. The van der Waals surface area contributed by atoms with Crippen LogP contribution in [0.5, 0.6) is 0 Å². The van der Waals surface area contributed by atoms with E-state index < -0.39 is 11.5 Å². The fraction of sp³-hybridized carbons (Fsp3) is 0.182. The van der Waals surface area contributed by atoms with E-state index in [1.54, 1.807) is 42.0 Å². The summed E-state index contributed by atoms with van der Waals surface area (Å²) in [6.45, 7) is 3.26. The van der Waals surface area contributed by atoms with Gasteiger partial charge in [-0.3, -0.25) is 4.79 Å². The zero-order chi connectivity index (χ0) is 21.5. The number of carbonyl (C=O) groups is 1. The summed E-state index contributed by atoms with van der Waals surface area (Å²) in [4.78, 5) is 24.9. The predicted octanol–water partition coefficient (Wildman–Crippen LogP) is 2.29. The highest BCUT2D eigenvalue weighted by atomic mass is 16.4. The molecule has 0 unspecified atom stereocenters. The molecule has 1 aromatic carbocycles. The van der Waals surface area contributed by atoms with Crippen molar-refractivity contribution in [3.63, 3.8) is 0 Å². The molecule has 0 radical (unpaired) electrons. The molecule has 0 aliphatic carbocycles. The summed E-state index contributed by atoms with van der Waals surface area (Å²) in [5, 5.41) is 11.2. The van der Waals surface area contributed by atoms with Gasteiger partial charge in [0.05, 0.1) is 11.6 Å². The zero-order valence-electron chi connectivity index (χ0n) is 16.7. The maximum absolute atomic E-state index is 11.9. The van der Waals surface area contributed by atoms with Crippen molar-refractivity contribution in [2.75, 3.05) is 0 Å². The number of carbonyl (C=O) groups excluding carboxylic acids is 1. The van der Waals surface area contributed by atoms with E-state index in [2.05, 4.69) is 26.8 Å². The Hall–Kier alpha value is -3.96. The second-order valence-corrected chi connectivity index (χ2v) is 7.10. The summed E-state index contributed by atoms with van der Waals surface area (Å²) in [5.41, 5.74) is 6.04. The fourth-order valence-electron chi connectivity index (χ4n) is 3.02. The minimum Gasteiger partial charge on any atom is -0.442 e. The van der Waals surface area contributed by atoms with Crippen LogP contribution >= 0.6 is 0 Å². The van der Waals surface area contributed by atoms with E-state index in [-0.39, 0.29) is 11.6 Å². The molecule has 0 spiro atoms. The number of primary amides is 1. The number of nitrogens with zero attached hydrogens (tertiary/aromatic N) is 4. The van der Waals surface area contributed by atoms with Crippen LogP contribution in [-0.4, -0.2) is 30.5 Å². The number of amides is 1. The van der Waals surface area contributed by atoms with Gasteiger partial charge in [-0.1, -0.05) is 24.0 Å². The van der Waals surface area contributed by atoms with Gasteiger partial charge < -0.3 is 19.8 Å². The number of aryl methyl sites for hydroxylation is 2. The molecule has 150 valence electrons. The molecule has 0 aliphatic rings. The molecule has 8 heteroatoms. The van der Waals surface area contributed by atoms with Crippen LogP contribution in [-0.2, 0) is 12.6 Å². The van der Waals surface area contributed by atoms with Gasteiger partial charge in [0.25, 0.3) is 5.91 Å². The van der Waals surface area contributed by atoms with Gasteiger partial charge in [0, 0.05) is 24.4 Å². The molecular formula is C22H19N5O3. The first-order valence-corrected chi connectivity index (χ1v) is 9.16. The van der Waals surface area contributed by atoms with E-state index in [4.69, 9.17) is 10.2 Å². The smallest absolute Gasteiger partial charge is 0.268 e. The maximum Gasteiger partial charge on any atom is 0.268 e. The predicted molar refractivity (Wildman–Crippen MR) is 110 cm³/mol. The van der Waals surface area contributed by atoms with Crippen molar-refractivity contribution in [1.82, 2.24) is 19.5 Å². The molecule has 3 N–H and O–H groups in total. The summed E-state index contributed by atoms with van der Waals surface area (Å²) in [6, 6.07) is 8.94. The van der Waals surface area contributed by atoms with E-state index in [0.29, 0.717) is 33.7 Å². The van der Waals surface area contributed by atoms with Crippen molar-refractivity contribution in [3.05, 3.63) is 65.6 Å². The lowest BCUT2D eigenvalue weighted by atomic mass is 10.1. The van der Waals surface area contributed by atoms with Crippen LogP contribution in [0.2, 0.25) is 0 Å². The summed E-state index contributed by atoms with van der Waals surface area (Å²) >= 11 is 0. The Morgan fingerprint density at radius 1 is 1.30 bits per heavy atom. The lowest BCUT2D eigenvalue weighted by Crippen LogP contribution is -2.18. The van der Waals surface area contributed by atoms with Crippen LogP contribution < -0.4 is 5.73 Å². The van der Waals surface area contributed by atoms with Crippen LogP contribution in [0.25, 0.3) is 22.4 Å². The van der Waals surface area contributed by atoms with Crippen molar-refractivity contribution < 1.29 is 14.3 Å². The number of aromatic nitrogens is 4. The summed E-state index contributed by atoms with van der Waals surface area (Å²) in [7, 11) is 1.83. The van der Waals surface area contributed by atoms with E-state index in [0.717, 1.165) is 0 Å². The number of aliphatic hydroxyl groups is 1. The summed E-state index contributed by atoms with van der Waals surface area (Å²) in [5.74, 6) is 6.17. The molecule has 3 heterocycles. The van der Waals surface area contributed by atoms with Gasteiger partial charge >= 0.3 is 0 Å². The monoisotopic (exact) mass is 401 g/mol. The number of fused-ring (bicyclic) bond motifs is 1. The van der Waals surface area contributed by atoms with Crippen LogP contribution in [0.3, 0.4) is 0 Å². The van der Waals surface area contributed by atoms with E-state index >= 15 is 0 Å². The highest BCUT2D eigenvalue weighted by Gasteiger charge is 2.26. The normalized spacial score (nSPS) is 12.9. The first-order valence-electron chi connectivity index (χ1n) is 9.16. The molecule has 4 rings (SSSR count). The van der Waals surface area contributed by atoms with Crippen LogP contribution in [0.15, 0.2) is 47.1 Å². The highest BCUT2D eigenvalue weighted by molar-refractivity contribution is 6.03. The highest BCUT2D eigenvalue weighted by Crippen LogP contribution is 2.23. The van der Waals surface area contributed by atoms with Crippen molar-refractivity contribution >= 4 is 16.9 Å². The number of benzene rings is 1. The summed E-state index contributed by atoms with van der Waals surface area (Å²) in [6.07, 6.45) is 3.32. The van der Waals surface area contributed by atoms with Crippen LogP contribution in [0.4, 0.5) is 0 Å². The molecule has 0 fully saturated rings. The third-order valence-corrected chi connectivity index (χ3v) is 4.57. The minimum atomic E-state index is -1.54. The average Bonchev–Trinajstić information content (AvgIpc) is 3.32. The van der Waals surface area contributed by atoms with Crippen LogP contribution in [0, 0.1) is 18.8 Å². The Morgan fingerprint density at radius 2 is 2.10 bits per heavy atom. The Labute approximate surface area is 172 Å². The van der Waals surface area contributed by atoms with E-state index in [1.165, 1.54) is 13.1 Å². The molecule has 4 aromatic rings. The largest absolute Gasteiger partial charge is 0.442 e. The minimum absolute atomic E-state index is 0.132. The van der Waals surface area contributed by atoms with E-state index in [9.17, 15) is 9.90 Å². The molecule has 1 amide bonds. The third-order valence-electron chi connectivity index (χ3n) is 4.57. The van der Waals surface area contributed by atoms with Gasteiger partial charge in [-0.25, -0.2) is 15.0 Å². The van der Waals surface area contributed by atoms with Gasteiger partial charge in [-0.2, -0.15) is 0 Å². The zero-order valence-corrected chi connectivity index (χ0v) is 16.7. The molecule has 0 saturated heterocycles. The Morgan fingerprint density at radius 3 is 2.80 bits per heavy atom. The molecule has 0 aliphatic heterocycles. The molecule has 0 bridgehead atoms. The Bertz CT molecular complexity index is 1340. The van der Waals surface area contributed by atoms with Crippen molar-refractivity contribution in [3.8, 4) is 23.2 Å². The summed E-state index contributed by atoms with van der Waals surface area (Å²) < 4.78 is 7.18. The quantitative estimate of drug-likeness (QED) is 0.508. The number of hydrogen-bond donors (Lipinski definition) is 2. The van der Waals surface area contributed by atoms with E-state index in [1.807, 2.05) is 13.1 Å². The third kappa shape index (κ3) is 3.54. The number of rotatable bonds is 3. The molecule has 8 nitrogen and oxygen atoms in total. The molecule has 30 heavy (non-hydrogen) atoms. The maximum atomic E-state index is 11.9. The Balaban J connectivity index is 1.75. The average molecular weight is 401 g/mol. The van der Waals surface area contributed by atoms with Gasteiger partial charge in [0.15, 0.2) is 11.4 Å². The fourth-order valence-corrected chi connectivity index (χ4v) is 3.02. The van der Waals surface area contributed by atoms with Gasteiger partial charge in [-0.05, 0) is 32.0 Å². The lowest BCUT2D eigenvalue weighted by molar-refractivity contribution is 0.0882.